The van der Waals surface area contributed by atoms with Crippen LogP contribution in [0.3, 0.4) is 0 Å². The van der Waals surface area contributed by atoms with E-state index in [2.05, 4.69) is 5.32 Å². The number of aromatic hydroxyl groups is 1. The Kier molecular flexibility index (Phi) is 4.68. The smallest absolute Gasteiger partial charge is 0.259 e. The summed E-state index contributed by atoms with van der Waals surface area (Å²) in [7, 11) is 0. The molecule has 24 heavy (non-hydrogen) atoms. The number of amides is 1. The van der Waals surface area contributed by atoms with Gasteiger partial charge in [0.05, 0.1) is 11.3 Å². The van der Waals surface area contributed by atoms with Gasteiger partial charge in [-0.2, -0.15) is 0 Å². The Labute approximate surface area is 144 Å². The van der Waals surface area contributed by atoms with Crippen molar-refractivity contribution in [3.8, 4) is 17.2 Å². The molecule has 0 aliphatic rings. The minimum Gasteiger partial charge on any atom is -0.507 e. The van der Waals surface area contributed by atoms with Crippen LogP contribution in [0, 0.1) is 0 Å². The number of halogens is 1. The maximum atomic E-state index is 12.4. The molecule has 0 unspecified atom stereocenters. The first kappa shape index (κ1) is 15.9. The number of anilines is 1. The number of phenols is 1. The number of para-hydroxylation sites is 3. The van der Waals surface area contributed by atoms with Crippen molar-refractivity contribution in [1.29, 1.82) is 0 Å². The molecule has 0 saturated carbocycles. The largest absolute Gasteiger partial charge is 0.507 e. The zero-order chi connectivity index (χ0) is 16.9. The molecule has 0 atom stereocenters. The first-order valence-corrected chi connectivity index (χ1v) is 7.63. The molecule has 0 aliphatic heterocycles. The summed E-state index contributed by atoms with van der Waals surface area (Å²) in [4.78, 5) is 12.4. The Morgan fingerprint density at radius 3 is 2.46 bits per heavy atom. The minimum absolute atomic E-state index is 0.0945. The number of hydrogen-bond donors (Lipinski definition) is 2. The van der Waals surface area contributed by atoms with Gasteiger partial charge in [-0.05, 0) is 42.5 Å². The molecule has 0 saturated heterocycles. The summed E-state index contributed by atoms with van der Waals surface area (Å²) in [6.45, 7) is 0. The topological polar surface area (TPSA) is 58.6 Å². The predicted octanol–water partition coefficient (Wildman–Crippen LogP) is 5.09. The van der Waals surface area contributed by atoms with E-state index in [0.717, 1.165) is 0 Å². The summed E-state index contributed by atoms with van der Waals surface area (Å²) >= 11 is 5.89. The SMILES string of the molecule is O=C(Nc1ccccc1Oc1ccccc1)c1cc(Cl)ccc1O. The van der Waals surface area contributed by atoms with Gasteiger partial charge in [0.15, 0.2) is 5.75 Å². The van der Waals surface area contributed by atoms with E-state index in [0.29, 0.717) is 22.2 Å². The fraction of sp³-hybridized carbons (Fsp3) is 0. The Morgan fingerprint density at radius 1 is 0.958 bits per heavy atom. The van der Waals surface area contributed by atoms with Crippen LogP contribution in [0.4, 0.5) is 5.69 Å². The normalized spacial score (nSPS) is 10.2. The van der Waals surface area contributed by atoms with Crippen molar-refractivity contribution >= 4 is 23.2 Å². The molecule has 1 amide bonds. The van der Waals surface area contributed by atoms with Gasteiger partial charge in [0.25, 0.3) is 5.91 Å². The van der Waals surface area contributed by atoms with Crippen LogP contribution >= 0.6 is 11.6 Å². The van der Waals surface area contributed by atoms with Gasteiger partial charge in [0.1, 0.15) is 11.5 Å². The van der Waals surface area contributed by atoms with Gasteiger partial charge in [-0.1, -0.05) is 41.9 Å². The number of hydrogen-bond acceptors (Lipinski definition) is 3. The standard InChI is InChI=1S/C19H14ClNO3/c20-13-10-11-17(22)15(12-13)19(23)21-16-8-4-5-9-18(16)24-14-6-2-1-3-7-14/h1-12,22H,(H,21,23). The molecule has 5 heteroatoms. The maximum absolute atomic E-state index is 12.4. The second-order valence-electron chi connectivity index (χ2n) is 5.03. The van der Waals surface area contributed by atoms with Crippen molar-refractivity contribution < 1.29 is 14.6 Å². The number of carbonyl (C=O) groups excluding carboxylic acids is 1. The average Bonchev–Trinajstić information content (AvgIpc) is 2.59. The summed E-state index contributed by atoms with van der Waals surface area (Å²) in [6.07, 6.45) is 0. The van der Waals surface area contributed by atoms with E-state index in [-0.39, 0.29) is 11.3 Å². The first-order chi connectivity index (χ1) is 11.6. The van der Waals surface area contributed by atoms with E-state index in [4.69, 9.17) is 16.3 Å². The van der Waals surface area contributed by atoms with Crippen LogP contribution in [0.15, 0.2) is 72.8 Å². The minimum atomic E-state index is -0.473. The van der Waals surface area contributed by atoms with Crippen LogP contribution in [0.2, 0.25) is 5.02 Å². The zero-order valence-electron chi connectivity index (χ0n) is 12.6. The highest BCUT2D eigenvalue weighted by atomic mass is 35.5. The summed E-state index contributed by atoms with van der Waals surface area (Å²) in [6, 6.07) is 20.6. The molecule has 3 rings (SSSR count). The molecule has 0 bridgehead atoms. The molecule has 0 aromatic heterocycles. The molecule has 0 heterocycles. The van der Waals surface area contributed by atoms with Gasteiger partial charge in [-0.25, -0.2) is 0 Å². The lowest BCUT2D eigenvalue weighted by molar-refractivity contribution is 0.102. The van der Waals surface area contributed by atoms with Gasteiger partial charge in [0.2, 0.25) is 0 Å². The predicted molar refractivity (Wildman–Crippen MR) is 94.0 cm³/mol. The number of carbonyl (C=O) groups is 1. The summed E-state index contributed by atoms with van der Waals surface area (Å²) in [5, 5.41) is 12.9. The summed E-state index contributed by atoms with van der Waals surface area (Å²) < 4.78 is 5.80. The lowest BCUT2D eigenvalue weighted by atomic mass is 10.2. The highest BCUT2D eigenvalue weighted by molar-refractivity contribution is 6.31. The molecule has 0 spiro atoms. The van der Waals surface area contributed by atoms with Crippen LogP contribution in [0.5, 0.6) is 17.2 Å². The van der Waals surface area contributed by atoms with E-state index >= 15 is 0 Å². The van der Waals surface area contributed by atoms with Crippen molar-refractivity contribution in [2.24, 2.45) is 0 Å². The van der Waals surface area contributed by atoms with Crippen LogP contribution in [0.1, 0.15) is 10.4 Å². The third-order valence-corrected chi connectivity index (χ3v) is 3.54. The molecule has 0 aliphatic carbocycles. The van der Waals surface area contributed by atoms with Gasteiger partial charge in [0, 0.05) is 5.02 Å². The molecule has 0 fully saturated rings. The quantitative estimate of drug-likeness (QED) is 0.696. The second-order valence-corrected chi connectivity index (χ2v) is 5.46. The van der Waals surface area contributed by atoms with Crippen LogP contribution in [0.25, 0.3) is 0 Å². The lowest BCUT2D eigenvalue weighted by Crippen LogP contribution is -2.12. The third kappa shape index (κ3) is 3.67. The van der Waals surface area contributed by atoms with Crippen molar-refractivity contribution in [1.82, 2.24) is 0 Å². The van der Waals surface area contributed by atoms with E-state index < -0.39 is 5.91 Å². The lowest BCUT2D eigenvalue weighted by Gasteiger charge is -2.12. The third-order valence-electron chi connectivity index (χ3n) is 3.31. The monoisotopic (exact) mass is 339 g/mol. The molecule has 120 valence electrons. The van der Waals surface area contributed by atoms with E-state index in [1.165, 1.54) is 18.2 Å². The van der Waals surface area contributed by atoms with Crippen molar-refractivity contribution in [3.05, 3.63) is 83.4 Å². The number of ether oxygens (including phenoxy) is 1. The van der Waals surface area contributed by atoms with Gasteiger partial charge >= 0.3 is 0 Å². The van der Waals surface area contributed by atoms with Crippen LogP contribution < -0.4 is 10.1 Å². The molecular weight excluding hydrogens is 326 g/mol. The van der Waals surface area contributed by atoms with Crippen molar-refractivity contribution in [3.63, 3.8) is 0 Å². The fourth-order valence-corrected chi connectivity index (χ4v) is 2.33. The van der Waals surface area contributed by atoms with Crippen LogP contribution in [-0.2, 0) is 0 Å². The van der Waals surface area contributed by atoms with E-state index in [1.54, 1.807) is 18.2 Å². The molecule has 0 radical (unpaired) electrons. The van der Waals surface area contributed by atoms with Crippen molar-refractivity contribution in [2.45, 2.75) is 0 Å². The van der Waals surface area contributed by atoms with Crippen molar-refractivity contribution in [2.75, 3.05) is 5.32 Å². The molecule has 4 nitrogen and oxygen atoms in total. The van der Waals surface area contributed by atoms with Crippen LogP contribution in [-0.4, -0.2) is 11.0 Å². The second kappa shape index (κ2) is 7.06. The summed E-state index contributed by atoms with van der Waals surface area (Å²) in [5.74, 6) is 0.542. The number of rotatable bonds is 4. The fourth-order valence-electron chi connectivity index (χ4n) is 2.15. The average molecular weight is 340 g/mol. The molecule has 3 aromatic rings. The maximum Gasteiger partial charge on any atom is 0.259 e. The Bertz CT molecular complexity index is 865. The van der Waals surface area contributed by atoms with E-state index in [1.807, 2.05) is 36.4 Å². The first-order valence-electron chi connectivity index (χ1n) is 7.25. The zero-order valence-corrected chi connectivity index (χ0v) is 13.3. The van der Waals surface area contributed by atoms with Gasteiger partial charge < -0.3 is 15.2 Å². The van der Waals surface area contributed by atoms with E-state index in [9.17, 15) is 9.90 Å². The molecule has 3 aromatic carbocycles. The van der Waals surface area contributed by atoms with Gasteiger partial charge in [-0.15, -0.1) is 0 Å². The highest BCUT2D eigenvalue weighted by Gasteiger charge is 2.14. The Morgan fingerprint density at radius 2 is 1.67 bits per heavy atom. The van der Waals surface area contributed by atoms with Gasteiger partial charge in [-0.3, -0.25) is 4.79 Å². The number of phenolic OH excluding ortho intramolecular Hbond substituents is 1. The Balaban J connectivity index is 1.85. The highest BCUT2D eigenvalue weighted by Crippen LogP contribution is 2.30. The molecular formula is C19H14ClNO3. The number of nitrogens with one attached hydrogen (secondary N) is 1. The Hall–Kier alpha value is -2.98. The molecule has 2 N–H and O–H groups in total. The number of benzene rings is 3. The summed E-state index contributed by atoms with van der Waals surface area (Å²) in [5.41, 5.74) is 0.586.